The van der Waals surface area contributed by atoms with Gasteiger partial charge in [-0.05, 0) is 38.1 Å². The van der Waals surface area contributed by atoms with E-state index >= 15 is 0 Å². The summed E-state index contributed by atoms with van der Waals surface area (Å²) in [6.07, 6.45) is 3.61. The predicted octanol–water partition coefficient (Wildman–Crippen LogP) is 0.0376. The molecule has 2 aliphatic carbocycles. The van der Waals surface area contributed by atoms with E-state index < -0.39 is 0 Å². The summed E-state index contributed by atoms with van der Waals surface area (Å²) in [6.45, 7) is 1.62. The SMILES string of the molecule is CNCCN(C)C(=O)C1C2CCC(C2)C1N. The summed E-state index contributed by atoms with van der Waals surface area (Å²) in [7, 11) is 3.79. The fourth-order valence-electron chi connectivity index (χ4n) is 3.35. The summed E-state index contributed by atoms with van der Waals surface area (Å²) in [6, 6.07) is 0.114. The van der Waals surface area contributed by atoms with Crippen LogP contribution < -0.4 is 11.1 Å². The summed E-state index contributed by atoms with van der Waals surface area (Å²) in [5.41, 5.74) is 6.17. The number of hydrogen-bond donors (Lipinski definition) is 2. The molecule has 2 bridgehead atoms. The van der Waals surface area contributed by atoms with E-state index in [-0.39, 0.29) is 17.9 Å². The van der Waals surface area contributed by atoms with Gasteiger partial charge in [-0.3, -0.25) is 4.79 Å². The van der Waals surface area contributed by atoms with Gasteiger partial charge in [-0.15, -0.1) is 0 Å². The Morgan fingerprint density at radius 2 is 2.12 bits per heavy atom. The maximum Gasteiger partial charge on any atom is 0.227 e. The second-order valence-electron chi connectivity index (χ2n) is 5.30. The van der Waals surface area contributed by atoms with Gasteiger partial charge in [0.05, 0.1) is 5.92 Å². The second-order valence-corrected chi connectivity index (χ2v) is 5.30. The molecule has 0 spiro atoms. The number of carbonyl (C=O) groups excluding carboxylic acids is 1. The lowest BCUT2D eigenvalue weighted by Crippen LogP contribution is -2.47. The monoisotopic (exact) mass is 225 g/mol. The molecule has 2 rings (SSSR count). The van der Waals surface area contributed by atoms with E-state index in [2.05, 4.69) is 5.32 Å². The van der Waals surface area contributed by atoms with Crippen molar-refractivity contribution in [2.24, 2.45) is 23.5 Å². The molecule has 1 amide bonds. The molecule has 4 heteroatoms. The number of likely N-dealkylation sites (N-methyl/N-ethyl adjacent to an activating group) is 2. The number of hydrogen-bond acceptors (Lipinski definition) is 3. The van der Waals surface area contributed by atoms with Crippen molar-refractivity contribution in [3.8, 4) is 0 Å². The Bertz CT molecular complexity index is 267. The molecule has 0 aromatic carbocycles. The van der Waals surface area contributed by atoms with Crippen molar-refractivity contribution in [2.45, 2.75) is 25.3 Å². The molecule has 0 saturated heterocycles. The topological polar surface area (TPSA) is 58.4 Å². The van der Waals surface area contributed by atoms with Crippen LogP contribution in [0.5, 0.6) is 0 Å². The summed E-state index contributed by atoms with van der Waals surface area (Å²) < 4.78 is 0. The van der Waals surface area contributed by atoms with Crippen LogP contribution in [0.2, 0.25) is 0 Å². The largest absolute Gasteiger partial charge is 0.344 e. The molecule has 4 unspecified atom stereocenters. The van der Waals surface area contributed by atoms with Crippen molar-refractivity contribution < 1.29 is 4.79 Å². The molecule has 0 heterocycles. The normalized spacial score (nSPS) is 36.7. The first kappa shape index (κ1) is 11.9. The highest BCUT2D eigenvalue weighted by molar-refractivity contribution is 5.80. The number of amides is 1. The zero-order chi connectivity index (χ0) is 11.7. The molecule has 4 atom stereocenters. The lowest BCUT2D eigenvalue weighted by atomic mass is 9.84. The van der Waals surface area contributed by atoms with Crippen LogP contribution in [0, 0.1) is 17.8 Å². The molecule has 2 aliphatic rings. The Morgan fingerprint density at radius 3 is 2.69 bits per heavy atom. The Hall–Kier alpha value is -0.610. The quantitative estimate of drug-likeness (QED) is 0.710. The fraction of sp³-hybridized carbons (Fsp3) is 0.917. The van der Waals surface area contributed by atoms with Gasteiger partial charge in [-0.2, -0.15) is 0 Å². The molecule has 0 aliphatic heterocycles. The molecule has 0 aromatic rings. The van der Waals surface area contributed by atoms with E-state index in [1.165, 1.54) is 19.3 Å². The Labute approximate surface area is 97.6 Å². The molecule has 2 saturated carbocycles. The van der Waals surface area contributed by atoms with Crippen molar-refractivity contribution >= 4 is 5.91 Å². The Kier molecular flexibility index (Phi) is 3.50. The number of nitrogens with one attached hydrogen (secondary N) is 1. The van der Waals surface area contributed by atoms with Gasteiger partial charge in [0.1, 0.15) is 0 Å². The first-order valence-electron chi connectivity index (χ1n) is 6.30. The maximum absolute atomic E-state index is 12.3. The third kappa shape index (κ3) is 1.96. The Balaban J connectivity index is 1.94. The van der Waals surface area contributed by atoms with E-state index in [4.69, 9.17) is 5.73 Å². The minimum atomic E-state index is 0.0978. The van der Waals surface area contributed by atoms with E-state index in [1.807, 2.05) is 19.0 Å². The molecule has 4 nitrogen and oxygen atoms in total. The van der Waals surface area contributed by atoms with Gasteiger partial charge in [0, 0.05) is 26.2 Å². The number of carbonyl (C=O) groups is 1. The van der Waals surface area contributed by atoms with E-state index in [0.717, 1.165) is 13.1 Å². The lowest BCUT2D eigenvalue weighted by Gasteiger charge is -2.30. The summed E-state index contributed by atoms with van der Waals surface area (Å²) in [5, 5.41) is 3.06. The third-order valence-corrected chi connectivity index (χ3v) is 4.34. The zero-order valence-corrected chi connectivity index (χ0v) is 10.3. The van der Waals surface area contributed by atoms with E-state index in [1.54, 1.807) is 0 Å². The predicted molar refractivity (Wildman–Crippen MR) is 63.9 cm³/mol. The maximum atomic E-state index is 12.3. The van der Waals surface area contributed by atoms with Crippen molar-refractivity contribution in [1.29, 1.82) is 0 Å². The zero-order valence-electron chi connectivity index (χ0n) is 10.3. The smallest absolute Gasteiger partial charge is 0.227 e. The number of rotatable bonds is 4. The van der Waals surface area contributed by atoms with Gasteiger partial charge >= 0.3 is 0 Å². The minimum Gasteiger partial charge on any atom is -0.344 e. The molecule has 0 radical (unpaired) electrons. The molecule has 92 valence electrons. The molecule has 0 aromatic heterocycles. The molecule has 3 N–H and O–H groups in total. The van der Waals surface area contributed by atoms with Crippen molar-refractivity contribution in [3.63, 3.8) is 0 Å². The number of nitrogens with two attached hydrogens (primary N) is 1. The lowest BCUT2D eigenvalue weighted by molar-refractivity contribution is -0.136. The van der Waals surface area contributed by atoms with Crippen LogP contribution in [-0.4, -0.2) is 44.0 Å². The summed E-state index contributed by atoms with van der Waals surface area (Å²) in [4.78, 5) is 14.1. The van der Waals surface area contributed by atoms with Crippen LogP contribution in [-0.2, 0) is 4.79 Å². The molecule has 16 heavy (non-hydrogen) atoms. The summed E-state index contributed by atoms with van der Waals surface area (Å²) in [5.74, 6) is 1.52. The van der Waals surface area contributed by atoms with Crippen LogP contribution in [0.3, 0.4) is 0 Å². The standard InChI is InChI=1S/C12H23N3O/c1-14-5-6-15(2)12(16)10-8-3-4-9(7-8)11(10)13/h8-11,14H,3-7,13H2,1-2H3. The highest BCUT2D eigenvalue weighted by Gasteiger charge is 2.49. The van der Waals surface area contributed by atoms with E-state index in [0.29, 0.717) is 11.8 Å². The van der Waals surface area contributed by atoms with Crippen LogP contribution >= 0.6 is 0 Å². The van der Waals surface area contributed by atoms with Crippen molar-refractivity contribution in [2.75, 3.05) is 27.2 Å². The van der Waals surface area contributed by atoms with Gasteiger partial charge in [-0.1, -0.05) is 0 Å². The minimum absolute atomic E-state index is 0.0978. The van der Waals surface area contributed by atoms with Crippen LogP contribution in [0.4, 0.5) is 0 Å². The third-order valence-electron chi connectivity index (χ3n) is 4.34. The van der Waals surface area contributed by atoms with Gasteiger partial charge in [0.25, 0.3) is 0 Å². The second kappa shape index (κ2) is 4.72. The van der Waals surface area contributed by atoms with Gasteiger partial charge in [0.15, 0.2) is 0 Å². The first-order valence-corrected chi connectivity index (χ1v) is 6.30. The van der Waals surface area contributed by atoms with Crippen LogP contribution in [0.25, 0.3) is 0 Å². The molecular weight excluding hydrogens is 202 g/mol. The fourth-order valence-corrected chi connectivity index (χ4v) is 3.35. The van der Waals surface area contributed by atoms with Crippen molar-refractivity contribution in [3.05, 3.63) is 0 Å². The molecule has 2 fully saturated rings. The highest BCUT2D eigenvalue weighted by Crippen LogP contribution is 2.48. The van der Waals surface area contributed by atoms with Crippen LogP contribution in [0.15, 0.2) is 0 Å². The number of fused-ring (bicyclic) bond motifs is 2. The van der Waals surface area contributed by atoms with Crippen molar-refractivity contribution in [1.82, 2.24) is 10.2 Å². The first-order chi connectivity index (χ1) is 7.65. The van der Waals surface area contributed by atoms with Gasteiger partial charge in [0.2, 0.25) is 5.91 Å². The molecular formula is C12H23N3O. The average Bonchev–Trinajstić information content (AvgIpc) is 2.85. The number of nitrogens with zero attached hydrogens (tertiary/aromatic N) is 1. The van der Waals surface area contributed by atoms with Gasteiger partial charge in [-0.25, -0.2) is 0 Å². The average molecular weight is 225 g/mol. The van der Waals surface area contributed by atoms with E-state index in [9.17, 15) is 4.79 Å². The highest BCUT2D eigenvalue weighted by atomic mass is 16.2. The Morgan fingerprint density at radius 1 is 1.44 bits per heavy atom. The van der Waals surface area contributed by atoms with Crippen LogP contribution in [0.1, 0.15) is 19.3 Å². The summed E-state index contributed by atoms with van der Waals surface area (Å²) >= 11 is 0. The van der Waals surface area contributed by atoms with Gasteiger partial charge < -0.3 is 16.0 Å².